The lowest BCUT2D eigenvalue weighted by atomic mass is 10.2. The normalized spacial score (nSPS) is 12.6. The minimum atomic E-state index is 0.513. The average Bonchev–Trinajstić information content (AvgIpc) is 2.88. The molecule has 0 aliphatic carbocycles. The van der Waals surface area contributed by atoms with E-state index in [0.717, 1.165) is 28.0 Å². The lowest BCUT2D eigenvalue weighted by Crippen LogP contribution is -1.94. The number of thioether (sulfide) groups is 1. The van der Waals surface area contributed by atoms with Crippen molar-refractivity contribution in [3.8, 4) is 11.5 Å². The van der Waals surface area contributed by atoms with E-state index in [1.807, 2.05) is 30.0 Å². The SMILES string of the molecule is CCC(C)SCc1noc(-c2ccc(Br)c(N)c2)n1. The van der Waals surface area contributed by atoms with Crippen molar-refractivity contribution < 1.29 is 4.52 Å². The van der Waals surface area contributed by atoms with Gasteiger partial charge in [-0.1, -0.05) is 19.0 Å². The maximum atomic E-state index is 5.84. The number of halogens is 1. The predicted molar refractivity (Wildman–Crippen MR) is 82.9 cm³/mol. The van der Waals surface area contributed by atoms with Crippen LogP contribution < -0.4 is 5.73 Å². The highest BCUT2D eigenvalue weighted by Crippen LogP contribution is 2.26. The Kier molecular flexibility index (Phi) is 4.87. The Morgan fingerprint density at radius 3 is 2.95 bits per heavy atom. The van der Waals surface area contributed by atoms with Gasteiger partial charge in [0.05, 0.1) is 5.75 Å². The standard InChI is InChI=1S/C13H16BrN3OS/c1-3-8(2)19-7-12-16-13(18-17-12)9-4-5-10(14)11(15)6-9/h4-6,8H,3,7,15H2,1-2H3. The van der Waals surface area contributed by atoms with Gasteiger partial charge in [0.1, 0.15) is 0 Å². The molecule has 0 amide bonds. The first-order valence-corrected chi connectivity index (χ1v) is 7.94. The second-order valence-electron chi connectivity index (χ2n) is 4.28. The van der Waals surface area contributed by atoms with Gasteiger partial charge in [0, 0.05) is 21.0 Å². The Bertz CT molecular complexity index is 559. The van der Waals surface area contributed by atoms with E-state index < -0.39 is 0 Å². The third-order valence-electron chi connectivity index (χ3n) is 2.78. The zero-order chi connectivity index (χ0) is 13.8. The van der Waals surface area contributed by atoms with Crippen molar-refractivity contribution in [3.05, 3.63) is 28.5 Å². The number of nitrogens with two attached hydrogens (primary N) is 1. The lowest BCUT2D eigenvalue weighted by molar-refractivity contribution is 0.425. The van der Waals surface area contributed by atoms with Crippen LogP contribution in [0, 0.1) is 0 Å². The maximum absolute atomic E-state index is 5.84. The molecule has 0 radical (unpaired) electrons. The van der Waals surface area contributed by atoms with E-state index in [1.54, 1.807) is 0 Å². The van der Waals surface area contributed by atoms with Gasteiger partial charge in [-0.15, -0.1) is 0 Å². The molecule has 0 bridgehead atoms. The van der Waals surface area contributed by atoms with Crippen molar-refractivity contribution in [2.45, 2.75) is 31.3 Å². The van der Waals surface area contributed by atoms with Gasteiger partial charge in [0.2, 0.25) is 0 Å². The smallest absolute Gasteiger partial charge is 0.258 e. The zero-order valence-corrected chi connectivity index (χ0v) is 13.3. The first-order valence-electron chi connectivity index (χ1n) is 6.09. The van der Waals surface area contributed by atoms with Gasteiger partial charge >= 0.3 is 0 Å². The van der Waals surface area contributed by atoms with Crippen LogP contribution in [-0.4, -0.2) is 15.4 Å². The summed E-state index contributed by atoms with van der Waals surface area (Å²) in [6.07, 6.45) is 1.14. The number of aromatic nitrogens is 2. The van der Waals surface area contributed by atoms with E-state index in [4.69, 9.17) is 10.3 Å². The van der Waals surface area contributed by atoms with Crippen molar-refractivity contribution in [3.63, 3.8) is 0 Å². The van der Waals surface area contributed by atoms with Gasteiger partial charge in [-0.3, -0.25) is 0 Å². The predicted octanol–water partition coefficient (Wildman–Crippen LogP) is 4.11. The molecule has 1 aromatic carbocycles. The van der Waals surface area contributed by atoms with E-state index in [0.29, 0.717) is 16.8 Å². The average molecular weight is 342 g/mol. The molecule has 1 aromatic heterocycles. The summed E-state index contributed by atoms with van der Waals surface area (Å²) >= 11 is 5.19. The van der Waals surface area contributed by atoms with Crippen LogP contribution in [0.1, 0.15) is 26.1 Å². The largest absolute Gasteiger partial charge is 0.398 e. The fourth-order valence-corrected chi connectivity index (χ4v) is 2.47. The minimum absolute atomic E-state index is 0.513. The summed E-state index contributed by atoms with van der Waals surface area (Å²) in [5.74, 6) is 2.01. The van der Waals surface area contributed by atoms with Crippen molar-refractivity contribution in [1.82, 2.24) is 10.1 Å². The molecule has 0 aliphatic heterocycles. The molecule has 0 saturated heterocycles. The summed E-state index contributed by atoms with van der Waals surface area (Å²) in [6.45, 7) is 4.37. The van der Waals surface area contributed by atoms with E-state index in [-0.39, 0.29) is 0 Å². The molecule has 6 heteroatoms. The summed E-state index contributed by atoms with van der Waals surface area (Å²) in [7, 11) is 0. The molecule has 2 aromatic rings. The number of nitrogen functional groups attached to an aromatic ring is 1. The summed E-state index contributed by atoms with van der Waals surface area (Å²) in [5, 5.41) is 4.59. The number of nitrogens with zero attached hydrogens (tertiary/aromatic N) is 2. The Labute approximate surface area is 125 Å². The molecule has 4 nitrogen and oxygen atoms in total. The molecule has 2 rings (SSSR count). The molecule has 0 saturated carbocycles. The quantitative estimate of drug-likeness (QED) is 0.829. The third-order valence-corrected chi connectivity index (χ3v) is 4.83. The van der Waals surface area contributed by atoms with Crippen LogP contribution in [0.5, 0.6) is 0 Å². The number of hydrogen-bond acceptors (Lipinski definition) is 5. The monoisotopic (exact) mass is 341 g/mol. The molecule has 102 valence electrons. The second kappa shape index (κ2) is 6.43. The van der Waals surface area contributed by atoms with Gasteiger partial charge < -0.3 is 10.3 Å². The molecule has 1 unspecified atom stereocenters. The number of hydrogen-bond donors (Lipinski definition) is 1. The second-order valence-corrected chi connectivity index (χ2v) is 6.56. The number of rotatable bonds is 5. The van der Waals surface area contributed by atoms with Gasteiger partial charge in [0.25, 0.3) is 5.89 Å². The molecular formula is C13H16BrN3OS. The van der Waals surface area contributed by atoms with E-state index in [9.17, 15) is 0 Å². The number of benzene rings is 1. The van der Waals surface area contributed by atoms with Crippen molar-refractivity contribution >= 4 is 33.4 Å². The fourth-order valence-electron chi connectivity index (χ4n) is 1.44. The first-order chi connectivity index (χ1) is 9.10. The zero-order valence-electron chi connectivity index (χ0n) is 10.9. The molecule has 1 heterocycles. The Morgan fingerprint density at radius 1 is 1.47 bits per heavy atom. The molecule has 0 aliphatic rings. The lowest BCUT2D eigenvalue weighted by Gasteiger charge is -2.04. The van der Waals surface area contributed by atoms with Gasteiger partial charge in [-0.05, 0) is 40.5 Å². The third kappa shape index (κ3) is 3.73. The van der Waals surface area contributed by atoms with E-state index in [1.165, 1.54) is 0 Å². The Morgan fingerprint density at radius 2 is 2.26 bits per heavy atom. The summed E-state index contributed by atoms with van der Waals surface area (Å²) < 4.78 is 6.13. The van der Waals surface area contributed by atoms with Crippen LogP contribution >= 0.6 is 27.7 Å². The Hall–Kier alpha value is -1.01. The highest BCUT2D eigenvalue weighted by molar-refractivity contribution is 9.10. The van der Waals surface area contributed by atoms with Crippen molar-refractivity contribution in [2.75, 3.05) is 5.73 Å². The maximum Gasteiger partial charge on any atom is 0.258 e. The van der Waals surface area contributed by atoms with Crippen LogP contribution in [0.3, 0.4) is 0 Å². The van der Waals surface area contributed by atoms with Crippen LogP contribution in [0.25, 0.3) is 11.5 Å². The molecule has 19 heavy (non-hydrogen) atoms. The van der Waals surface area contributed by atoms with Gasteiger partial charge in [0.15, 0.2) is 5.82 Å². The highest BCUT2D eigenvalue weighted by Gasteiger charge is 2.11. The number of anilines is 1. The molecule has 2 N–H and O–H groups in total. The van der Waals surface area contributed by atoms with E-state index in [2.05, 4.69) is 39.9 Å². The highest BCUT2D eigenvalue weighted by atomic mass is 79.9. The van der Waals surface area contributed by atoms with Crippen LogP contribution in [0.15, 0.2) is 27.2 Å². The van der Waals surface area contributed by atoms with Crippen molar-refractivity contribution in [1.29, 1.82) is 0 Å². The molecular weight excluding hydrogens is 326 g/mol. The van der Waals surface area contributed by atoms with Crippen LogP contribution in [0.4, 0.5) is 5.69 Å². The summed E-state index contributed by atoms with van der Waals surface area (Å²) in [4.78, 5) is 4.39. The molecule has 0 spiro atoms. The van der Waals surface area contributed by atoms with Crippen LogP contribution in [-0.2, 0) is 5.75 Å². The Balaban J connectivity index is 2.09. The van der Waals surface area contributed by atoms with Gasteiger partial charge in [-0.2, -0.15) is 16.7 Å². The van der Waals surface area contributed by atoms with E-state index >= 15 is 0 Å². The fraction of sp³-hybridized carbons (Fsp3) is 0.385. The van der Waals surface area contributed by atoms with Gasteiger partial charge in [-0.25, -0.2) is 0 Å². The topological polar surface area (TPSA) is 64.9 Å². The molecule has 0 fully saturated rings. The molecule has 1 atom stereocenters. The first kappa shape index (κ1) is 14.4. The minimum Gasteiger partial charge on any atom is -0.398 e. The summed E-state index contributed by atoms with van der Waals surface area (Å²) in [6, 6.07) is 5.60. The van der Waals surface area contributed by atoms with Crippen LogP contribution in [0.2, 0.25) is 0 Å². The summed E-state index contributed by atoms with van der Waals surface area (Å²) in [5.41, 5.74) is 7.34. The van der Waals surface area contributed by atoms with Crippen molar-refractivity contribution in [2.24, 2.45) is 0 Å².